The van der Waals surface area contributed by atoms with Gasteiger partial charge >= 0.3 is 5.97 Å². The van der Waals surface area contributed by atoms with Gasteiger partial charge in [0.25, 0.3) is 0 Å². The van der Waals surface area contributed by atoms with Crippen LogP contribution in [0.5, 0.6) is 0 Å². The predicted molar refractivity (Wildman–Crippen MR) is 242 cm³/mol. The molecule has 9 fully saturated rings. The summed E-state index contributed by atoms with van der Waals surface area (Å²) in [5, 5.41) is 86.9. The van der Waals surface area contributed by atoms with Gasteiger partial charge in [-0.2, -0.15) is 0 Å². The number of fused-ring (bicyclic) bond motifs is 7. The first-order valence-electron chi connectivity index (χ1n) is 26.6. The third-order valence-electron chi connectivity index (χ3n) is 19.5. The summed E-state index contributed by atoms with van der Waals surface area (Å²) in [4.78, 5) is 13.8. The first-order chi connectivity index (χ1) is 32.7. The number of aliphatic hydroxyl groups excluding tert-OH is 8. The standard InChI is InChI=1S/C51H84O18/c1-8-9-10-11-35(53)65-32-19-28-29(14-16-50(7)30(28)20-33-36(50)24(3)51(69-33)17-12-23(2)22-61-51)49(6)15-13-27(18-31(32)49)64-48-45(68-47-42(59)40(57)38(55)26(5)63-47)43(60)44(34(21-52)66-48)67-46-41(58)39(56)37(54)25(4)62-46/h23-34,36-48,52,54-60H,8-22H2,1-7H3/t23-,24+,25+,26+,27+,28?,29?,30?,31?,32+,33?,34-,36?,37+,38+,39-,40-,41-,42-,43+,44-,45-,46+,47+,48-,49-,50+,51-/m1/s1. The van der Waals surface area contributed by atoms with Crippen LogP contribution in [0.25, 0.3) is 0 Å². The van der Waals surface area contributed by atoms with Gasteiger partial charge in [0.1, 0.15) is 67.1 Å². The van der Waals surface area contributed by atoms with E-state index in [0.717, 1.165) is 70.8 Å². The van der Waals surface area contributed by atoms with E-state index >= 15 is 0 Å². The number of carbonyl (C=O) groups excluding carboxylic acids is 1. The highest BCUT2D eigenvalue weighted by Crippen LogP contribution is 2.71. The van der Waals surface area contributed by atoms with Crippen molar-refractivity contribution in [1.82, 2.24) is 0 Å². The van der Waals surface area contributed by atoms with Crippen LogP contribution in [0, 0.1) is 52.3 Å². The summed E-state index contributed by atoms with van der Waals surface area (Å²) < 4.78 is 57.3. The lowest BCUT2D eigenvalue weighted by Gasteiger charge is -2.63. The van der Waals surface area contributed by atoms with Crippen LogP contribution in [-0.2, 0) is 47.4 Å². The minimum atomic E-state index is -1.75. The van der Waals surface area contributed by atoms with Crippen molar-refractivity contribution in [3.63, 3.8) is 0 Å². The Kier molecular flexibility index (Phi) is 15.7. The Morgan fingerprint density at radius 1 is 0.652 bits per heavy atom. The summed E-state index contributed by atoms with van der Waals surface area (Å²) in [5.41, 5.74) is -0.146. The van der Waals surface area contributed by atoms with E-state index in [1.165, 1.54) is 13.8 Å². The molecule has 8 N–H and O–H groups in total. The Bertz CT molecular complexity index is 1750. The van der Waals surface area contributed by atoms with Crippen LogP contribution >= 0.6 is 0 Å². The highest BCUT2D eigenvalue weighted by atomic mass is 16.8. The molecule has 6 unspecified atom stereocenters. The van der Waals surface area contributed by atoms with Gasteiger partial charge in [0.2, 0.25) is 0 Å². The zero-order chi connectivity index (χ0) is 49.5. The molecule has 1 spiro atoms. The van der Waals surface area contributed by atoms with Gasteiger partial charge in [-0.1, -0.05) is 47.5 Å². The Hall–Kier alpha value is -1.17. The van der Waals surface area contributed by atoms with E-state index in [9.17, 15) is 45.6 Å². The molecule has 0 bridgehead atoms. The second-order valence-corrected chi connectivity index (χ2v) is 23.5. The van der Waals surface area contributed by atoms with Crippen molar-refractivity contribution in [2.45, 2.75) is 248 Å². The van der Waals surface area contributed by atoms with Gasteiger partial charge in [0.15, 0.2) is 24.7 Å². The van der Waals surface area contributed by atoms with E-state index in [1.54, 1.807) is 0 Å². The highest BCUT2D eigenvalue weighted by Gasteiger charge is 2.70. The van der Waals surface area contributed by atoms with E-state index < -0.39 is 111 Å². The fourth-order valence-corrected chi connectivity index (χ4v) is 15.5. The maximum absolute atomic E-state index is 13.8. The number of ether oxygens (including phenoxy) is 9. The molecule has 0 aromatic carbocycles. The second kappa shape index (κ2) is 20.5. The molecule has 18 nitrogen and oxygen atoms in total. The van der Waals surface area contributed by atoms with Crippen molar-refractivity contribution in [2.24, 2.45) is 52.3 Å². The van der Waals surface area contributed by atoms with Gasteiger partial charge in [-0.15, -0.1) is 0 Å². The van der Waals surface area contributed by atoms with Crippen LogP contribution in [0.1, 0.15) is 132 Å². The fraction of sp³-hybridized carbons (Fsp3) is 0.980. The van der Waals surface area contributed by atoms with Gasteiger partial charge in [-0.3, -0.25) is 4.79 Å². The molecular weight excluding hydrogens is 901 g/mol. The number of hydrogen-bond acceptors (Lipinski definition) is 18. The molecule has 5 aliphatic heterocycles. The smallest absolute Gasteiger partial charge is 0.306 e. The van der Waals surface area contributed by atoms with Crippen LogP contribution in [0.15, 0.2) is 0 Å². The Morgan fingerprint density at radius 3 is 1.93 bits per heavy atom. The van der Waals surface area contributed by atoms with E-state index in [4.69, 9.17) is 42.6 Å². The highest BCUT2D eigenvalue weighted by molar-refractivity contribution is 5.69. The summed E-state index contributed by atoms with van der Waals surface area (Å²) in [6, 6.07) is 0. The lowest BCUT2D eigenvalue weighted by atomic mass is 9.43. The lowest BCUT2D eigenvalue weighted by Crippen LogP contribution is -2.66. The van der Waals surface area contributed by atoms with Crippen LogP contribution in [-0.4, -0.2) is 176 Å². The summed E-state index contributed by atoms with van der Waals surface area (Å²) in [6.45, 7) is 14.6. The molecular formula is C51H84O18. The summed E-state index contributed by atoms with van der Waals surface area (Å²) in [7, 11) is 0. The molecule has 4 saturated carbocycles. The van der Waals surface area contributed by atoms with E-state index in [2.05, 4.69) is 34.6 Å². The van der Waals surface area contributed by atoms with Crippen molar-refractivity contribution in [1.29, 1.82) is 0 Å². The quantitative estimate of drug-likeness (QED) is 0.0793. The Labute approximate surface area is 406 Å². The van der Waals surface area contributed by atoms with Crippen LogP contribution in [0.4, 0.5) is 0 Å². The van der Waals surface area contributed by atoms with Crippen molar-refractivity contribution in [3.8, 4) is 0 Å². The van der Waals surface area contributed by atoms with Crippen molar-refractivity contribution < 1.29 is 88.3 Å². The van der Waals surface area contributed by atoms with E-state index in [0.29, 0.717) is 48.9 Å². The molecule has 9 rings (SSSR count). The topological polar surface area (TPSA) is 262 Å². The minimum Gasteiger partial charge on any atom is -0.462 e. The molecule has 18 heteroatoms. The number of esters is 1. The van der Waals surface area contributed by atoms with Crippen molar-refractivity contribution >= 4 is 5.97 Å². The van der Waals surface area contributed by atoms with Gasteiger partial charge in [-0.25, -0.2) is 0 Å². The fourth-order valence-electron chi connectivity index (χ4n) is 15.5. The van der Waals surface area contributed by atoms with Gasteiger partial charge in [0, 0.05) is 24.7 Å². The number of aliphatic hydroxyl groups is 8. The second-order valence-electron chi connectivity index (χ2n) is 23.5. The SMILES string of the molecule is CCCCCC(=O)O[C@H]1CC2C3CC4O[C@]5(CC[C@@H](C)CO5)[C@@H](C)C4[C@@]3(C)CCC2[C@@]2(C)CC[C@H](O[C@@H]3O[C@H](CO)[C@@H](O[C@@H]4O[C@@H](C)[C@H](O)[C@@H](O)[C@H]4O)[C@H](O)[C@H]3O[C@@H]3O[C@@H](C)[C@H](O)[C@@H](O)[C@H]3O)CC12. The molecule has 0 aromatic heterocycles. The summed E-state index contributed by atoms with van der Waals surface area (Å²) in [5.74, 6) is 1.51. The van der Waals surface area contributed by atoms with Gasteiger partial charge in [0.05, 0.1) is 37.6 Å². The maximum atomic E-state index is 13.8. The third-order valence-corrected chi connectivity index (χ3v) is 19.5. The zero-order valence-corrected chi connectivity index (χ0v) is 41.7. The molecule has 5 heterocycles. The third kappa shape index (κ3) is 9.40. The number of unbranched alkanes of at least 4 members (excludes halogenated alkanes) is 2. The lowest BCUT2D eigenvalue weighted by molar-refractivity contribution is -0.389. The molecule has 5 saturated heterocycles. The average Bonchev–Trinajstić information content (AvgIpc) is 3.77. The molecule has 69 heavy (non-hydrogen) atoms. The average molecular weight is 985 g/mol. The molecule has 28 atom stereocenters. The normalized spacial score (nSPS) is 55.1. The Morgan fingerprint density at radius 2 is 1.30 bits per heavy atom. The van der Waals surface area contributed by atoms with Crippen LogP contribution < -0.4 is 0 Å². The summed E-state index contributed by atoms with van der Waals surface area (Å²) >= 11 is 0. The van der Waals surface area contributed by atoms with Crippen molar-refractivity contribution in [2.75, 3.05) is 13.2 Å². The monoisotopic (exact) mass is 985 g/mol. The van der Waals surface area contributed by atoms with Gasteiger partial charge in [-0.05, 0) is 112 Å². The number of carbonyl (C=O) groups is 1. The molecule has 4 aliphatic carbocycles. The summed E-state index contributed by atoms with van der Waals surface area (Å²) in [6.07, 6.45) is -12.2. The van der Waals surface area contributed by atoms with Crippen LogP contribution in [0.2, 0.25) is 0 Å². The molecule has 0 aromatic rings. The zero-order valence-electron chi connectivity index (χ0n) is 41.7. The van der Waals surface area contributed by atoms with Crippen molar-refractivity contribution in [3.05, 3.63) is 0 Å². The van der Waals surface area contributed by atoms with E-state index in [-0.39, 0.29) is 40.8 Å². The first-order valence-corrected chi connectivity index (χ1v) is 26.6. The van der Waals surface area contributed by atoms with Crippen LogP contribution in [0.3, 0.4) is 0 Å². The molecule has 9 aliphatic rings. The van der Waals surface area contributed by atoms with Gasteiger partial charge < -0.3 is 83.5 Å². The molecule has 0 amide bonds. The molecule has 0 radical (unpaired) electrons. The number of hydrogen-bond donors (Lipinski definition) is 8. The number of rotatable bonds is 12. The largest absolute Gasteiger partial charge is 0.462 e. The van der Waals surface area contributed by atoms with E-state index in [1.807, 2.05) is 0 Å². The predicted octanol–water partition coefficient (Wildman–Crippen LogP) is 2.42. The maximum Gasteiger partial charge on any atom is 0.306 e. The Balaban J connectivity index is 0.964. The first kappa shape index (κ1) is 52.7. The minimum absolute atomic E-state index is 0.0570. The molecule has 396 valence electrons.